The first-order chi connectivity index (χ1) is 15.5. The summed E-state index contributed by atoms with van der Waals surface area (Å²) in [7, 11) is 0. The summed E-state index contributed by atoms with van der Waals surface area (Å²) in [5, 5.41) is 2.76. The molecule has 1 aromatic heterocycles. The molecule has 0 unspecified atom stereocenters. The number of nitrogens with zero attached hydrogens (tertiary/aromatic N) is 3. The SMILES string of the molecule is CC(=O)N1CCC(N(C(=O)Nc2ccc(C(F)(F)F)nc2C)c2ccccc2C(C)C)CC1. The Labute approximate surface area is 191 Å². The number of halogens is 3. The van der Waals surface area contributed by atoms with Crippen molar-refractivity contribution in [3.05, 3.63) is 53.3 Å². The highest BCUT2D eigenvalue weighted by Crippen LogP contribution is 2.33. The molecule has 1 aliphatic rings. The molecule has 2 heterocycles. The number of pyridine rings is 1. The minimum atomic E-state index is -4.56. The molecule has 1 aliphatic heterocycles. The van der Waals surface area contributed by atoms with Crippen LogP contribution in [0.1, 0.15) is 56.5 Å². The molecule has 1 aromatic carbocycles. The van der Waals surface area contributed by atoms with E-state index in [-0.39, 0.29) is 29.2 Å². The van der Waals surface area contributed by atoms with Gasteiger partial charge in [0.25, 0.3) is 0 Å². The Hall–Kier alpha value is -3.10. The number of aryl methyl sites for hydroxylation is 1. The van der Waals surface area contributed by atoms with Gasteiger partial charge in [-0.15, -0.1) is 0 Å². The minimum absolute atomic E-state index is 0.00140. The van der Waals surface area contributed by atoms with Crippen molar-refractivity contribution >= 4 is 23.3 Å². The molecule has 0 radical (unpaired) electrons. The summed E-state index contributed by atoms with van der Waals surface area (Å²) in [4.78, 5) is 32.3. The summed E-state index contributed by atoms with van der Waals surface area (Å²) in [6, 6.07) is 9.11. The smallest absolute Gasteiger partial charge is 0.343 e. The number of anilines is 2. The molecule has 6 nitrogen and oxygen atoms in total. The molecule has 1 saturated heterocycles. The van der Waals surface area contributed by atoms with Gasteiger partial charge in [0.05, 0.1) is 11.4 Å². The number of alkyl halides is 3. The van der Waals surface area contributed by atoms with E-state index < -0.39 is 17.9 Å². The molecule has 0 atom stereocenters. The molecule has 1 N–H and O–H groups in total. The van der Waals surface area contributed by atoms with Crippen LogP contribution >= 0.6 is 0 Å². The summed E-state index contributed by atoms with van der Waals surface area (Å²) < 4.78 is 38.9. The second-order valence-electron chi connectivity index (χ2n) is 8.58. The van der Waals surface area contributed by atoms with Crippen LogP contribution in [-0.2, 0) is 11.0 Å². The number of benzene rings is 1. The first-order valence-corrected chi connectivity index (χ1v) is 11.0. The number of aromatic nitrogens is 1. The van der Waals surface area contributed by atoms with Gasteiger partial charge in [0.15, 0.2) is 0 Å². The third-order valence-corrected chi connectivity index (χ3v) is 5.93. The van der Waals surface area contributed by atoms with Crippen LogP contribution in [0.25, 0.3) is 0 Å². The van der Waals surface area contributed by atoms with E-state index in [2.05, 4.69) is 10.3 Å². The van der Waals surface area contributed by atoms with Gasteiger partial charge >= 0.3 is 12.2 Å². The van der Waals surface area contributed by atoms with Crippen molar-refractivity contribution in [3.63, 3.8) is 0 Å². The van der Waals surface area contributed by atoms with Crippen LogP contribution in [-0.4, -0.2) is 41.0 Å². The Morgan fingerprint density at radius 3 is 2.30 bits per heavy atom. The number of urea groups is 1. The minimum Gasteiger partial charge on any atom is -0.343 e. The van der Waals surface area contributed by atoms with Gasteiger partial charge in [0, 0.05) is 31.7 Å². The third kappa shape index (κ3) is 5.64. The third-order valence-electron chi connectivity index (χ3n) is 5.93. The maximum absolute atomic E-state index is 13.5. The molecule has 33 heavy (non-hydrogen) atoms. The first kappa shape index (κ1) is 24.5. The van der Waals surface area contributed by atoms with Crippen LogP contribution in [0.5, 0.6) is 0 Å². The Morgan fingerprint density at radius 1 is 1.12 bits per heavy atom. The van der Waals surface area contributed by atoms with Crippen molar-refractivity contribution in [2.45, 2.75) is 58.7 Å². The van der Waals surface area contributed by atoms with Crippen LogP contribution in [0, 0.1) is 6.92 Å². The van der Waals surface area contributed by atoms with E-state index in [1.54, 1.807) is 9.80 Å². The predicted molar refractivity (Wildman–Crippen MR) is 121 cm³/mol. The Morgan fingerprint density at radius 2 is 1.76 bits per heavy atom. The van der Waals surface area contributed by atoms with Gasteiger partial charge in [-0.25, -0.2) is 9.78 Å². The molecular formula is C24H29F3N4O2. The quantitative estimate of drug-likeness (QED) is 0.645. The van der Waals surface area contributed by atoms with Crippen LogP contribution in [0.3, 0.4) is 0 Å². The number of nitrogens with one attached hydrogen (secondary N) is 1. The monoisotopic (exact) mass is 462 g/mol. The molecule has 0 bridgehead atoms. The van der Waals surface area contributed by atoms with Crippen molar-refractivity contribution in [3.8, 4) is 0 Å². The zero-order chi connectivity index (χ0) is 24.3. The van der Waals surface area contributed by atoms with Gasteiger partial charge in [0.2, 0.25) is 5.91 Å². The van der Waals surface area contributed by atoms with Crippen LogP contribution in [0.15, 0.2) is 36.4 Å². The molecule has 0 spiro atoms. The molecule has 3 amide bonds. The Bertz CT molecular complexity index is 1020. The van der Waals surface area contributed by atoms with Gasteiger partial charge in [-0.3, -0.25) is 9.69 Å². The lowest BCUT2D eigenvalue weighted by Crippen LogP contribution is -2.50. The van der Waals surface area contributed by atoms with Crippen molar-refractivity contribution in [2.24, 2.45) is 0 Å². The zero-order valence-electron chi connectivity index (χ0n) is 19.2. The molecule has 0 saturated carbocycles. The van der Waals surface area contributed by atoms with Crippen molar-refractivity contribution in [2.75, 3.05) is 23.3 Å². The highest BCUT2D eigenvalue weighted by atomic mass is 19.4. The van der Waals surface area contributed by atoms with Gasteiger partial charge in [0.1, 0.15) is 5.69 Å². The van der Waals surface area contributed by atoms with Crippen molar-refractivity contribution < 1.29 is 22.8 Å². The standard InChI is InChI=1S/C24H29F3N4O2/c1-15(2)19-7-5-6-8-21(19)31(18-11-13-30(14-12-18)17(4)32)23(33)29-20-9-10-22(24(25,26)27)28-16(20)3/h5-10,15,18H,11-14H2,1-4H3,(H,29,33). The highest BCUT2D eigenvalue weighted by Gasteiger charge is 2.34. The number of carbonyl (C=O) groups excluding carboxylic acids is 2. The number of piperidine rings is 1. The lowest BCUT2D eigenvalue weighted by atomic mass is 9.97. The van der Waals surface area contributed by atoms with E-state index >= 15 is 0 Å². The first-order valence-electron chi connectivity index (χ1n) is 11.0. The number of amides is 3. The maximum Gasteiger partial charge on any atom is 0.433 e. The summed E-state index contributed by atoms with van der Waals surface area (Å²) >= 11 is 0. The van der Waals surface area contributed by atoms with Crippen LogP contribution < -0.4 is 10.2 Å². The molecule has 3 rings (SSSR count). The van der Waals surface area contributed by atoms with Crippen LogP contribution in [0.4, 0.5) is 29.3 Å². The van der Waals surface area contributed by atoms with E-state index in [0.717, 1.165) is 17.3 Å². The summed E-state index contributed by atoms with van der Waals surface area (Å²) in [5.41, 5.74) is 1.05. The fourth-order valence-corrected chi connectivity index (χ4v) is 4.13. The topological polar surface area (TPSA) is 65.5 Å². The van der Waals surface area contributed by atoms with E-state index in [4.69, 9.17) is 0 Å². The maximum atomic E-state index is 13.5. The second-order valence-corrected chi connectivity index (χ2v) is 8.58. The van der Waals surface area contributed by atoms with Crippen molar-refractivity contribution in [1.29, 1.82) is 0 Å². The van der Waals surface area contributed by atoms with Crippen molar-refractivity contribution in [1.82, 2.24) is 9.88 Å². The van der Waals surface area contributed by atoms with E-state index in [1.807, 2.05) is 38.1 Å². The summed E-state index contributed by atoms with van der Waals surface area (Å²) in [6.07, 6.45) is -3.35. The van der Waals surface area contributed by atoms with Gasteiger partial charge in [-0.1, -0.05) is 32.0 Å². The average molecular weight is 463 g/mol. The Kier molecular flexibility index (Phi) is 7.29. The van der Waals surface area contributed by atoms with Gasteiger partial charge < -0.3 is 10.2 Å². The molecule has 0 aliphatic carbocycles. The van der Waals surface area contributed by atoms with Gasteiger partial charge in [-0.2, -0.15) is 13.2 Å². The number of carbonyl (C=O) groups is 2. The fraction of sp³-hybridized carbons (Fsp3) is 0.458. The van der Waals surface area contributed by atoms with Crippen LogP contribution in [0.2, 0.25) is 0 Å². The molecule has 9 heteroatoms. The van der Waals surface area contributed by atoms with Gasteiger partial charge in [-0.05, 0) is 49.4 Å². The molecule has 1 fully saturated rings. The second kappa shape index (κ2) is 9.80. The number of hydrogen-bond donors (Lipinski definition) is 1. The number of hydrogen-bond acceptors (Lipinski definition) is 3. The summed E-state index contributed by atoms with van der Waals surface area (Å²) in [6.45, 7) is 8.11. The predicted octanol–water partition coefficient (Wildman–Crippen LogP) is 5.58. The lowest BCUT2D eigenvalue weighted by molar-refractivity contribution is -0.141. The number of rotatable bonds is 4. The molecular weight excluding hydrogens is 433 g/mol. The van der Waals surface area contributed by atoms with E-state index in [1.165, 1.54) is 19.9 Å². The lowest BCUT2D eigenvalue weighted by Gasteiger charge is -2.39. The zero-order valence-corrected chi connectivity index (χ0v) is 19.2. The average Bonchev–Trinajstić information content (AvgIpc) is 2.75. The normalized spacial score (nSPS) is 15.0. The Balaban J connectivity index is 1.93. The largest absolute Gasteiger partial charge is 0.433 e. The highest BCUT2D eigenvalue weighted by molar-refractivity contribution is 6.03. The molecule has 178 valence electrons. The van der Waals surface area contributed by atoms with E-state index in [0.29, 0.717) is 25.9 Å². The summed E-state index contributed by atoms with van der Waals surface area (Å²) in [5.74, 6) is 0.154. The number of para-hydroxylation sites is 1. The number of likely N-dealkylation sites (tertiary alicyclic amines) is 1. The molecule has 2 aromatic rings. The van der Waals surface area contributed by atoms with E-state index in [9.17, 15) is 22.8 Å². The fourth-order valence-electron chi connectivity index (χ4n) is 4.13.